The van der Waals surface area contributed by atoms with Crippen LogP contribution in [0.25, 0.3) is 11.0 Å². The van der Waals surface area contributed by atoms with Crippen LogP contribution in [0.2, 0.25) is 5.15 Å². The maximum absolute atomic E-state index is 13.2. The number of halogens is 4. The molecule has 0 spiro atoms. The second-order valence-electron chi connectivity index (χ2n) is 4.44. The van der Waals surface area contributed by atoms with Gasteiger partial charge in [-0.3, -0.25) is 0 Å². The lowest BCUT2D eigenvalue weighted by Gasteiger charge is -2.12. The third-order valence-corrected chi connectivity index (χ3v) is 3.09. The number of rotatable bonds is 2. The van der Waals surface area contributed by atoms with Gasteiger partial charge in [0.05, 0.1) is 5.52 Å². The zero-order valence-corrected chi connectivity index (χ0v) is 11.9. The van der Waals surface area contributed by atoms with E-state index >= 15 is 0 Å². The zero-order chi connectivity index (χ0) is 15.9. The molecule has 5 nitrogen and oxygen atoms in total. The molecule has 1 aromatic carbocycles. The Labute approximate surface area is 127 Å². The summed E-state index contributed by atoms with van der Waals surface area (Å²) in [7, 11) is 0. The van der Waals surface area contributed by atoms with Crippen LogP contribution in [-0.4, -0.2) is 19.7 Å². The molecule has 0 bridgehead atoms. The molecule has 0 atom stereocenters. The van der Waals surface area contributed by atoms with E-state index in [1.807, 2.05) is 0 Å². The summed E-state index contributed by atoms with van der Waals surface area (Å²) in [5.41, 5.74) is 0.970. The van der Waals surface area contributed by atoms with Gasteiger partial charge < -0.3 is 4.84 Å². The van der Waals surface area contributed by atoms with E-state index in [0.717, 1.165) is 6.33 Å². The lowest BCUT2D eigenvalue weighted by molar-refractivity contribution is -0.152. The van der Waals surface area contributed by atoms with Gasteiger partial charge in [-0.25, -0.2) is 9.97 Å². The smallest absolute Gasteiger partial charge is 0.352 e. The molecule has 0 aliphatic carbocycles. The zero-order valence-electron chi connectivity index (χ0n) is 11.1. The number of alkyl halides is 3. The van der Waals surface area contributed by atoms with Crippen molar-refractivity contribution in [2.24, 2.45) is 0 Å². The van der Waals surface area contributed by atoms with Crippen LogP contribution in [0.5, 0.6) is 5.88 Å². The number of hydrogen-bond donors (Lipinski definition) is 0. The van der Waals surface area contributed by atoms with Gasteiger partial charge in [0, 0.05) is 6.07 Å². The van der Waals surface area contributed by atoms with Crippen molar-refractivity contribution < 1.29 is 18.0 Å². The monoisotopic (exact) mass is 328 g/mol. The van der Waals surface area contributed by atoms with Crippen LogP contribution in [-0.2, 0) is 6.18 Å². The molecule has 0 aliphatic rings. The average Bonchev–Trinajstić information content (AvgIpc) is 2.79. The quantitative estimate of drug-likeness (QED) is 0.674. The van der Waals surface area contributed by atoms with Crippen molar-refractivity contribution in [2.75, 3.05) is 0 Å². The highest BCUT2D eigenvalue weighted by Gasteiger charge is 2.39. The van der Waals surface area contributed by atoms with Gasteiger partial charge in [0.2, 0.25) is 0 Å². The van der Waals surface area contributed by atoms with Crippen LogP contribution in [0.1, 0.15) is 11.4 Å². The van der Waals surface area contributed by atoms with E-state index in [-0.39, 0.29) is 22.1 Å². The minimum absolute atomic E-state index is 0.0553. The predicted molar refractivity (Wildman–Crippen MR) is 72.5 cm³/mol. The molecule has 22 heavy (non-hydrogen) atoms. The van der Waals surface area contributed by atoms with Gasteiger partial charge in [0.15, 0.2) is 0 Å². The summed E-state index contributed by atoms with van der Waals surface area (Å²) >= 11 is 5.69. The first-order valence-corrected chi connectivity index (χ1v) is 6.45. The van der Waals surface area contributed by atoms with E-state index in [0.29, 0.717) is 10.3 Å². The van der Waals surface area contributed by atoms with Crippen molar-refractivity contribution in [3.05, 3.63) is 47.1 Å². The largest absolute Gasteiger partial charge is 0.453 e. The Hall–Kier alpha value is -2.35. The molecule has 0 amide bonds. The number of benzene rings is 1. The molecule has 3 aromatic rings. The third-order valence-electron chi connectivity index (χ3n) is 2.89. The molecule has 0 saturated carbocycles. The normalized spacial score (nSPS) is 11.9. The maximum atomic E-state index is 13.2. The first-order chi connectivity index (χ1) is 10.4. The Morgan fingerprint density at radius 3 is 2.68 bits per heavy atom. The number of hydrogen-bond acceptors (Lipinski definition) is 4. The van der Waals surface area contributed by atoms with Gasteiger partial charge in [0.25, 0.3) is 11.7 Å². The van der Waals surface area contributed by atoms with Crippen molar-refractivity contribution >= 4 is 22.6 Å². The van der Waals surface area contributed by atoms with Gasteiger partial charge in [-0.05, 0) is 18.6 Å². The molecule has 0 unspecified atom stereocenters. The highest BCUT2D eigenvalue weighted by atomic mass is 35.5. The molecule has 2 aromatic heterocycles. The fourth-order valence-electron chi connectivity index (χ4n) is 1.99. The second-order valence-corrected chi connectivity index (χ2v) is 4.83. The first-order valence-electron chi connectivity index (χ1n) is 6.07. The molecule has 2 heterocycles. The van der Waals surface area contributed by atoms with Gasteiger partial charge >= 0.3 is 6.18 Å². The molecule has 0 aliphatic heterocycles. The molecule has 0 fully saturated rings. The van der Waals surface area contributed by atoms with E-state index < -0.39 is 12.0 Å². The number of imidazole rings is 1. The number of aryl methyl sites for hydroxylation is 1. The van der Waals surface area contributed by atoms with Crippen molar-refractivity contribution in [1.29, 1.82) is 0 Å². The molecule has 9 heteroatoms. The van der Waals surface area contributed by atoms with E-state index in [1.54, 1.807) is 19.1 Å². The summed E-state index contributed by atoms with van der Waals surface area (Å²) in [5, 5.41) is 0.0553. The summed E-state index contributed by atoms with van der Waals surface area (Å²) < 4.78 is 40.1. The summed E-state index contributed by atoms with van der Waals surface area (Å²) in [5.74, 6) is -1.29. The number of para-hydroxylation sites is 1. The SMILES string of the molecule is Cc1cccc2nc(C(F)(F)F)n(Oc3cc(Cl)ncn3)c12. The molecule has 114 valence electrons. The minimum Gasteiger partial charge on any atom is -0.352 e. The first kappa shape index (κ1) is 14.6. The Morgan fingerprint density at radius 2 is 2.00 bits per heavy atom. The van der Waals surface area contributed by atoms with Crippen LogP contribution in [0.3, 0.4) is 0 Å². The molecule has 0 radical (unpaired) electrons. The molecule has 0 saturated heterocycles. The van der Waals surface area contributed by atoms with Crippen LogP contribution in [0.15, 0.2) is 30.6 Å². The van der Waals surface area contributed by atoms with E-state index in [1.165, 1.54) is 12.1 Å². The lowest BCUT2D eigenvalue weighted by Crippen LogP contribution is -2.19. The Kier molecular flexibility index (Phi) is 3.40. The summed E-state index contributed by atoms with van der Waals surface area (Å²) in [4.78, 5) is 16.2. The molecular weight excluding hydrogens is 321 g/mol. The Bertz CT molecular complexity index is 847. The Balaban J connectivity index is 2.21. The highest BCUT2D eigenvalue weighted by Crippen LogP contribution is 2.32. The van der Waals surface area contributed by atoms with Crippen molar-refractivity contribution in [3.8, 4) is 5.88 Å². The summed E-state index contributed by atoms with van der Waals surface area (Å²) in [6.45, 7) is 1.66. The van der Waals surface area contributed by atoms with Crippen LogP contribution in [0, 0.1) is 6.92 Å². The van der Waals surface area contributed by atoms with E-state index in [4.69, 9.17) is 16.4 Å². The minimum atomic E-state index is -4.68. The van der Waals surface area contributed by atoms with Crippen LogP contribution in [0.4, 0.5) is 13.2 Å². The Morgan fingerprint density at radius 1 is 1.23 bits per heavy atom. The average molecular weight is 329 g/mol. The van der Waals surface area contributed by atoms with Gasteiger partial charge in [-0.2, -0.15) is 18.2 Å². The van der Waals surface area contributed by atoms with Crippen LogP contribution < -0.4 is 4.84 Å². The molecule has 0 N–H and O–H groups in total. The fourth-order valence-corrected chi connectivity index (χ4v) is 2.13. The van der Waals surface area contributed by atoms with E-state index in [9.17, 15) is 13.2 Å². The lowest BCUT2D eigenvalue weighted by atomic mass is 10.2. The van der Waals surface area contributed by atoms with Gasteiger partial charge in [0.1, 0.15) is 17.0 Å². The van der Waals surface area contributed by atoms with Crippen LogP contribution >= 0.6 is 11.6 Å². The number of nitrogens with zero attached hydrogens (tertiary/aromatic N) is 4. The fraction of sp³-hybridized carbons (Fsp3) is 0.154. The second kappa shape index (κ2) is 5.13. The summed E-state index contributed by atoms with van der Waals surface area (Å²) in [6, 6.07) is 5.98. The van der Waals surface area contributed by atoms with Crippen molar-refractivity contribution in [2.45, 2.75) is 13.1 Å². The topological polar surface area (TPSA) is 52.8 Å². The maximum Gasteiger partial charge on any atom is 0.453 e. The van der Waals surface area contributed by atoms with Crippen molar-refractivity contribution in [1.82, 2.24) is 19.7 Å². The molecular formula is C13H8ClF3N4O. The van der Waals surface area contributed by atoms with Crippen molar-refractivity contribution in [3.63, 3.8) is 0 Å². The van der Waals surface area contributed by atoms with E-state index in [2.05, 4.69) is 15.0 Å². The number of fused-ring (bicyclic) bond motifs is 1. The standard InChI is InChI=1S/C13H8ClF3N4O/c1-7-3-2-4-8-11(7)21(12(20-8)13(15,16)17)22-10-5-9(14)18-6-19-10/h2-6H,1H3. The molecule has 3 rings (SSSR count). The highest BCUT2D eigenvalue weighted by molar-refractivity contribution is 6.29. The summed E-state index contributed by atoms with van der Waals surface area (Å²) in [6.07, 6.45) is -3.58. The van der Waals surface area contributed by atoms with Gasteiger partial charge in [-0.1, -0.05) is 23.7 Å². The number of aromatic nitrogens is 4. The van der Waals surface area contributed by atoms with Gasteiger partial charge in [-0.15, -0.1) is 4.73 Å². The predicted octanol–water partition coefficient (Wildman–Crippen LogP) is 3.65. The third kappa shape index (κ3) is 2.57.